The van der Waals surface area contributed by atoms with Gasteiger partial charge in [-0.1, -0.05) is 71.6 Å². The minimum atomic E-state index is -0.181. The van der Waals surface area contributed by atoms with Gasteiger partial charge in [0.05, 0.1) is 17.4 Å². The van der Waals surface area contributed by atoms with E-state index in [0.29, 0.717) is 0 Å². The Labute approximate surface area is 180 Å². The first-order chi connectivity index (χ1) is 14.1. The molecule has 29 heavy (non-hydrogen) atoms. The molecule has 0 aromatic heterocycles. The maximum Gasteiger partial charge on any atom is 0.309 e. The molecule has 0 amide bonds. The first kappa shape index (κ1) is 24.2. The SMILES string of the molecule is CCCCCCCC1(C#N)CCC(C(=O)OC2CCC(CCCCC)CC2)CC1. The Morgan fingerprint density at radius 3 is 2.14 bits per heavy atom. The summed E-state index contributed by atoms with van der Waals surface area (Å²) in [4.78, 5) is 12.7. The van der Waals surface area contributed by atoms with E-state index in [1.54, 1.807) is 0 Å². The molecule has 0 heterocycles. The summed E-state index contributed by atoms with van der Waals surface area (Å²) in [5.41, 5.74) is -0.181. The Bertz CT molecular complexity index is 493. The number of hydrogen-bond donors (Lipinski definition) is 0. The van der Waals surface area contributed by atoms with Gasteiger partial charge >= 0.3 is 5.97 Å². The molecule has 0 N–H and O–H groups in total. The number of carbonyl (C=O) groups excluding carboxylic acids is 1. The molecule has 2 fully saturated rings. The number of rotatable bonds is 12. The second kappa shape index (κ2) is 13.3. The lowest BCUT2D eigenvalue weighted by atomic mass is 9.69. The van der Waals surface area contributed by atoms with Gasteiger partial charge < -0.3 is 4.74 Å². The van der Waals surface area contributed by atoms with Crippen LogP contribution in [0.5, 0.6) is 0 Å². The highest BCUT2D eigenvalue weighted by Crippen LogP contribution is 2.43. The van der Waals surface area contributed by atoms with Gasteiger partial charge in [-0.3, -0.25) is 4.79 Å². The van der Waals surface area contributed by atoms with E-state index in [1.807, 2.05) is 0 Å². The molecule has 0 spiro atoms. The number of hydrogen-bond acceptors (Lipinski definition) is 3. The van der Waals surface area contributed by atoms with E-state index in [-0.39, 0.29) is 23.4 Å². The molecule has 3 nitrogen and oxygen atoms in total. The molecule has 2 saturated carbocycles. The van der Waals surface area contributed by atoms with E-state index < -0.39 is 0 Å². The summed E-state index contributed by atoms with van der Waals surface area (Å²) in [6.45, 7) is 4.49. The number of carbonyl (C=O) groups is 1. The van der Waals surface area contributed by atoms with Gasteiger partial charge in [0.1, 0.15) is 6.10 Å². The zero-order valence-corrected chi connectivity index (χ0v) is 19.2. The Morgan fingerprint density at radius 2 is 1.52 bits per heavy atom. The maximum absolute atomic E-state index is 12.7. The number of esters is 1. The fraction of sp³-hybridized carbons (Fsp3) is 0.923. The summed E-state index contributed by atoms with van der Waals surface area (Å²) in [6.07, 6.45) is 20.7. The van der Waals surface area contributed by atoms with Gasteiger partial charge in [0.2, 0.25) is 0 Å². The summed E-state index contributed by atoms with van der Waals surface area (Å²) < 4.78 is 5.91. The summed E-state index contributed by atoms with van der Waals surface area (Å²) in [5, 5.41) is 9.77. The third-order valence-electron chi connectivity index (χ3n) is 7.56. The van der Waals surface area contributed by atoms with E-state index in [1.165, 1.54) is 64.2 Å². The van der Waals surface area contributed by atoms with Crippen LogP contribution in [0, 0.1) is 28.6 Å². The van der Waals surface area contributed by atoms with Crippen LogP contribution in [0.3, 0.4) is 0 Å². The molecule has 0 aliphatic heterocycles. The molecule has 3 heteroatoms. The van der Waals surface area contributed by atoms with E-state index in [2.05, 4.69) is 19.9 Å². The molecule has 0 aromatic rings. The van der Waals surface area contributed by atoms with Crippen LogP contribution in [0.1, 0.15) is 129 Å². The van der Waals surface area contributed by atoms with Gasteiger partial charge in [0, 0.05) is 0 Å². The highest BCUT2D eigenvalue weighted by molar-refractivity contribution is 5.72. The molecule has 2 rings (SSSR count). The summed E-state index contributed by atoms with van der Waals surface area (Å²) in [6, 6.07) is 2.62. The molecule has 0 saturated heterocycles. The van der Waals surface area contributed by atoms with Crippen LogP contribution in [0.15, 0.2) is 0 Å². The minimum absolute atomic E-state index is 0.0221. The zero-order valence-electron chi connectivity index (χ0n) is 19.2. The van der Waals surface area contributed by atoms with E-state index in [9.17, 15) is 10.1 Å². The van der Waals surface area contributed by atoms with Crippen LogP contribution < -0.4 is 0 Å². The first-order valence-electron chi connectivity index (χ1n) is 12.7. The molecule has 0 aromatic carbocycles. The average Bonchev–Trinajstić information content (AvgIpc) is 2.75. The van der Waals surface area contributed by atoms with Crippen LogP contribution in [-0.2, 0) is 9.53 Å². The number of nitriles is 1. The smallest absolute Gasteiger partial charge is 0.309 e. The quantitative estimate of drug-likeness (QED) is 0.247. The average molecular weight is 404 g/mol. The van der Waals surface area contributed by atoms with Gasteiger partial charge in [-0.25, -0.2) is 0 Å². The molecule has 0 radical (unpaired) electrons. The highest BCUT2D eigenvalue weighted by atomic mass is 16.5. The Balaban J connectivity index is 1.66. The second-order valence-corrected chi connectivity index (χ2v) is 9.91. The van der Waals surface area contributed by atoms with Crippen LogP contribution in [0.4, 0.5) is 0 Å². The van der Waals surface area contributed by atoms with Crippen molar-refractivity contribution in [2.45, 2.75) is 136 Å². The fourth-order valence-electron chi connectivity index (χ4n) is 5.37. The van der Waals surface area contributed by atoms with Crippen molar-refractivity contribution >= 4 is 5.97 Å². The van der Waals surface area contributed by atoms with E-state index in [4.69, 9.17) is 4.74 Å². The van der Waals surface area contributed by atoms with Crippen LogP contribution >= 0.6 is 0 Å². The highest BCUT2D eigenvalue weighted by Gasteiger charge is 2.38. The maximum atomic E-state index is 12.7. The van der Waals surface area contributed by atoms with Crippen molar-refractivity contribution in [2.24, 2.45) is 17.3 Å². The minimum Gasteiger partial charge on any atom is -0.462 e. The van der Waals surface area contributed by atoms with Crippen molar-refractivity contribution in [3.8, 4) is 6.07 Å². The van der Waals surface area contributed by atoms with Gasteiger partial charge in [0.25, 0.3) is 0 Å². The second-order valence-electron chi connectivity index (χ2n) is 9.91. The van der Waals surface area contributed by atoms with Crippen LogP contribution in [0.25, 0.3) is 0 Å². The Morgan fingerprint density at radius 1 is 0.897 bits per heavy atom. The summed E-state index contributed by atoms with van der Waals surface area (Å²) in [7, 11) is 0. The lowest BCUT2D eigenvalue weighted by Crippen LogP contribution is -2.33. The molecular weight excluding hydrogens is 358 g/mol. The summed E-state index contributed by atoms with van der Waals surface area (Å²) in [5.74, 6) is 0.896. The number of nitrogens with zero attached hydrogens (tertiary/aromatic N) is 1. The lowest BCUT2D eigenvalue weighted by Gasteiger charge is -2.35. The van der Waals surface area contributed by atoms with E-state index >= 15 is 0 Å². The molecule has 2 aliphatic rings. The Kier molecular flexibility index (Phi) is 11.1. The van der Waals surface area contributed by atoms with Crippen molar-refractivity contribution in [3.63, 3.8) is 0 Å². The predicted octanol–water partition coefficient (Wildman–Crippen LogP) is 7.73. The standard InChI is InChI=1S/C26H45NO2/c1-3-5-7-8-10-18-26(21-27)19-16-23(17-20-26)25(28)29-24-14-12-22(13-15-24)11-9-6-4-2/h22-24H,3-20H2,1-2H3. The third kappa shape index (κ3) is 8.31. The normalized spacial score (nSPS) is 29.9. The third-order valence-corrected chi connectivity index (χ3v) is 7.56. The topological polar surface area (TPSA) is 50.1 Å². The fourth-order valence-corrected chi connectivity index (χ4v) is 5.37. The van der Waals surface area contributed by atoms with Gasteiger partial charge in [-0.2, -0.15) is 5.26 Å². The molecule has 166 valence electrons. The van der Waals surface area contributed by atoms with Crippen LogP contribution in [0.2, 0.25) is 0 Å². The van der Waals surface area contributed by atoms with Gasteiger partial charge in [0.15, 0.2) is 0 Å². The zero-order chi connectivity index (χ0) is 21.0. The van der Waals surface area contributed by atoms with Crippen molar-refractivity contribution in [1.82, 2.24) is 0 Å². The van der Waals surface area contributed by atoms with Gasteiger partial charge in [-0.15, -0.1) is 0 Å². The molecule has 0 unspecified atom stereocenters. The monoisotopic (exact) mass is 403 g/mol. The number of unbranched alkanes of at least 4 members (excludes halogenated alkanes) is 6. The van der Waals surface area contributed by atoms with E-state index in [0.717, 1.165) is 57.3 Å². The molecule has 0 bridgehead atoms. The Hall–Kier alpha value is -1.04. The van der Waals surface area contributed by atoms with Gasteiger partial charge in [-0.05, 0) is 63.7 Å². The molecular formula is C26H45NO2. The van der Waals surface area contributed by atoms with Crippen molar-refractivity contribution in [3.05, 3.63) is 0 Å². The van der Waals surface area contributed by atoms with Crippen molar-refractivity contribution in [2.75, 3.05) is 0 Å². The lowest BCUT2D eigenvalue weighted by molar-refractivity contribution is -0.157. The summed E-state index contributed by atoms with van der Waals surface area (Å²) >= 11 is 0. The predicted molar refractivity (Wildman–Crippen MR) is 119 cm³/mol. The molecule has 2 aliphatic carbocycles. The molecule has 0 atom stereocenters. The van der Waals surface area contributed by atoms with Crippen molar-refractivity contribution < 1.29 is 9.53 Å². The number of ether oxygens (including phenoxy) is 1. The largest absolute Gasteiger partial charge is 0.462 e. The van der Waals surface area contributed by atoms with Crippen LogP contribution in [-0.4, -0.2) is 12.1 Å². The first-order valence-corrected chi connectivity index (χ1v) is 12.7. The van der Waals surface area contributed by atoms with Crippen molar-refractivity contribution in [1.29, 1.82) is 5.26 Å².